The zero-order valence-electron chi connectivity index (χ0n) is 19.9. The Labute approximate surface area is 204 Å². The van der Waals surface area contributed by atoms with E-state index in [4.69, 9.17) is 0 Å². The SMILES string of the molecule is CN1CCNCCNC(=O)c2ccccc2C(=O)NCCNCCNC(=O)c2ccccc2C1=O. The molecule has 4 amide bonds. The molecule has 1 aliphatic heterocycles. The Hall–Kier alpha value is -3.76. The molecule has 10 heteroatoms. The van der Waals surface area contributed by atoms with Crippen LogP contribution in [-0.4, -0.2) is 87.9 Å². The molecule has 0 aromatic heterocycles. The minimum absolute atomic E-state index is 0.238. The van der Waals surface area contributed by atoms with Crippen LogP contribution >= 0.6 is 0 Å². The van der Waals surface area contributed by atoms with E-state index in [-0.39, 0.29) is 23.6 Å². The Morgan fingerprint density at radius 3 is 1.37 bits per heavy atom. The monoisotopic (exact) mass is 480 g/mol. The highest BCUT2D eigenvalue weighted by molar-refractivity contribution is 6.08. The summed E-state index contributed by atoms with van der Waals surface area (Å²) in [5, 5.41) is 14.8. The zero-order chi connectivity index (χ0) is 25.0. The number of nitrogens with one attached hydrogen (secondary N) is 5. The maximum atomic E-state index is 12.9. The molecule has 0 atom stereocenters. The van der Waals surface area contributed by atoms with Crippen molar-refractivity contribution in [3.05, 3.63) is 70.8 Å². The van der Waals surface area contributed by atoms with Gasteiger partial charge < -0.3 is 31.5 Å². The first-order chi connectivity index (χ1) is 17.0. The van der Waals surface area contributed by atoms with E-state index in [1.165, 1.54) is 0 Å². The Morgan fingerprint density at radius 1 is 0.543 bits per heavy atom. The molecule has 5 N–H and O–H groups in total. The summed E-state index contributed by atoms with van der Waals surface area (Å²) in [6.45, 7) is 3.48. The first-order valence-corrected chi connectivity index (χ1v) is 11.7. The van der Waals surface area contributed by atoms with E-state index in [1.54, 1.807) is 60.5 Å². The number of nitrogens with zero attached hydrogens (tertiary/aromatic N) is 1. The minimum Gasteiger partial charge on any atom is -0.351 e. The molecule has 35 heavy (non-hydrogen) atoms. The van der Waals surface area contributed by atoms with Gasteiger partial charge in [-0.15, -0.1) is 0 Å². The van der Waals surface area contributed by atoms with Gasteiger partial charge in [-0.1, -0.05) is 24.3 Å². The van der Waals surface area contributed by atoms with Gasteiger partial charge in [0.25, 0.3) is 23.6 Å². The van der Waals surface area contributed by atoms with Gasteiger partial charge in [-0.2, -0.15) is 0 Å². The summed E-state index contributed by atoms with van der Waals surface area (Å²) in [6.07, 6.45) is 0. The Balaban J connectivity index is 1.67. The van der Waals surface area contributed by atoms with Crippen molar-refractivity contribution >= 4 is 23.6 Å². The highest BCUT2D eigenvalue weighted by Gasteiger charge is 2.19. The number of carbonyl (C=O) groups excluding carboxylic acids is 4. The molecule has 0 aliphatic carbocycles. The van der Waals surface area contributed by atoms with Crippen molar-refractivity contribution < 1.29 is 19.2 Å². The summed E-state index contributed by atoms with van der Waals surface area (Å²) in [5.41, 5.74) is 1.29. The third-order valence-electron chi connectivity index (χ3n) is 5.55. The normalized spacial score (nSPS) is 17.6. The number of fused-ring (bicyclic) bond motifs is 2. The molecule has 0 saturated carbocycles. The molecule has 0 fully saturated rings. The van der Waals surface area contributed by atoms with Gasteiger partial charge in [0.05, 0.1) is 22.3 Å². The molecule has 0 saturated heterocycles. The van der Waals surface area contributed by atoms with Crippen LogP contribution in [0.5, 0.6) is 0 Å². The Kier molecular flexibility index (Phi) is 9.76. The van der Waals surface area contributed by atoms with Crippen molar-refractivity contribution in [2.75, 3.05) is 59.4 Å². The lowest BCUT2D eigenvalue weighted by atomic mass is 10.1. The van der Waals surface area contributed by atoms with E-state index in [0.717, 1.165) is 0 Å². The summed E-state index contributed by atoms with van der Waals surface area (Å²) < 4.78 is 0. The fourth-order valence-corrected chi connectivity index (χ4v) is 3.63. The fraction of sp³-hybridized carbons (Fsp3) is 0.360. The largest absolute Gasteiger partial charge is 0.351 e. The highest BCUT2D eigenvalue weighted by atomic mass is 16.2. The highest BCUT2D eigenvalue weighted by Crippen LogP contribution is 2.11. The lowest BCUT2D eigenvalue weighted by Crippen LogP contribution is -2.39. The number of carbonyl (C=O) groups is 4. The van der Waals surface area contributed by atoms with Gasteiger partial charge in [0.15, 0.2) is 0 Å². The molecule has 0 bridgehead atoms. The number of likely N-dealkylation sites (N-methyl/N-ethyl adjacent to an activating group) is 1. The fourth-order valence-electron chi connectivity index (χ4n) is 3.63. The maximum absolute atomic E-state index is 12.9. The van der Waals surface area contributed by atoms with E-state index in [1.807, 2.05) is 0 Å². The molecule has 0 spiro atoms. The Bertz CT molecular complexity index is 1060. The van der Waals surface area contributed by atoms with Gasteiger partial charge in [0.1, 0.15) is 0 Å². The van der Waals surface area contributed by atoms with E-state index in [9.17, 15) is 19.2 Å². The van der Waals surface area contributed by atoms with Gasteiger partial charge in [-0.3, -0.25) is 19.2 Å². The molecule has 10 nitrogen and oxygen atoms in total. The standard InChI is InChI=1S/C25H32N6O4/c1-31-17-16-27-12-15-29-23(33)19-7-3-2-6-18(19)22(32)28-13-10-26-11-14-30-24(34)20-8-4-5-9-21(20)25(31)35/h2-9,26-27H,10-17H2,1H3,(H,28,32)(H,29,33)(H,30,34). The van der Waals surface area contributed by atoms with E-state index in [2.05, 4.69) is 26.6 Å². The third-order valence-corrected chi connectivity index (χ3v) is 5.55. The number of hydrogen-bond acceptors (Lipinski definition) is 6. The van der Waals surface area contributed by atoms with Crippen molar-refractivity contribution in [1.29, 1.82) is 0 Å². The molecule has 2 aromatic rings. The molecule has 2 aromatic carbocycles. The zero-order valence-corrected chi connectivity index (χ0v) is 19.9. The van der Waals surface area contributed by atoms with Gasteiger partial charge >= 0.3 is 0 Å². The molecule has 1 aliphatic rings. The first-order valence-electron chi connectivity index (χ1n) is 11.7. The van der Waals surface area contributed by atoms with E-state index >= 15 is 0 Å². The molecule has 0 radical (unpaired) electrons. The smallest absolute Gasteiger partial charge is 0.254 e. The Morgan fingerprint density at radius 2 is 0.914 bits per heavy atom. The molecular formula is C25H32N6O4. The van der Waals surface area contributed by atoms with Crippen LogP contribution in [0.15, 0.2) is 48.5 Å². The summed E-state index contributed by atoms with van der Waals surface area (Å²) in [7, 11) is 1.69. The third kappa shape index (κ3) is 7.36. The minimum atomic E-state index is -0.324. The molecular weight excluding hydrogens is 448 g/mol. The van der Waals surface area contributed by atoms with Gasteiger partial charge in [-0.05, 0) is 24.3 Å². The van der Waals surface area contributed by atoms with Crippen LogP contribution in [0.4, 0.5) is 0 Å². The first kappa shape index (κ1) is 25.9. The van der Waals surface area contributed by atoms with Gasteiger partial charge in [-0.25, -0.2) is 0 Å². The number of rotatable bonds is 0. The number of benzene rings is 2. The van der Waals surface area contributed by atoms with Crippen molar-refractivity contribution in [2.24, 2.45) is 0 Å². The quantitative estimate of drug-likeness (QED) is 0.356. The van der Waals surface area contributed by atoms with Crippen LogP contribution in [0, 0.1) is 0 Å². The topological polar surface area (TPSA) is 132 Å². The van der Waals surface area contributed by atoms with Gasteiger partial charge in [0, 0.05) is 59.4 Å². The van der Waals surface area contributed by atoms with Crippen LogP contribution < -0.4 is 26.6 Å². The van der Waals surface area contributed by atoms with Crippen LogP contribution in [0.1, 0.15) is 41.4 Å². The number of hydrogen-bond donors (Lipinski definition) is 5. The predicted molar refractivity (Wildman–Crippen MR) is 133 cm³/mol. The average molecular weight is 481 g/mol. The lowest BCUT2D eigenvalue weighted by Gasteiger charge is -2.19. The van der Waals surface area contributed by atoms with Crippen LogP contribution in [0.25, 0.3) is 0 Å². The van der Waals surface area contributed by atoms with Crippen molar-refractivity contribution in [3.8, 4) is 0 Å². The summed E-state index contributed by atoms with van der Waals surface area (Å²) in [4.78, 5) is 52.4. The maximum Gasteiger partial charge on any atom is 0.254 e. The van der Waals surface area contributed by atoms with E-state index in [0.29, 0.717) is 74.6 Å². The molecule has 0 unspecified atom stereocenters. The summed E-state index contributed by atoms with van der Waals surface area (Å²) in [6, 6.07) is 13.4. The van der Waals surface area contributed by atoms with Crippen LogP contribution in [-0.2, 0) is 0 Å². The second-order valence-electron chi connectivity index (χ2n) is 8.09. The lowest BCUT2D eigenvalue weighted by molar-refractivity contribution is 0.0788. The van der Waals surface area contributed by atoms with Crippen LogP contribution in [0.3, 0.4) is 0 Å². The number of amides is 4. The second-order valence-corrected chi connectivity index (χ2v) is 8.09. The summed E-state index contributed by atoms with van der Waals surface area (Å²) in [5.74, 6) is -1.20. The predicted octanol–water partition coefficient (Wildman–Crippen LogP) is -0.159. The van der Waals surface area contributed by atoms with Gasteiger partial charge in [0.2, 0.25) is 0 Å². The van der Waals surface area contributed by atoms with Crippen molar-refractivity contribution in [3.63, 3.8) is 0 Å². The molecule has 186 valence electrons. The molecule has 1 heterocycles. The molecule has 3 rings (SSSR count). The average Bonchev–Trinajstić information content (AvgIpc) is 2.88. The van der Waals surface area contributed by atoms with Crippen LogP contribution in [0.2, 0.25) is 0 Å². The van der Waals surface area contributed by atoms with Crippen molar-refractivity contribution in [1.82, 2.24) is 31.5 Å². The van der Waals surface area contributed by atoms with Crippen molar-refractivity contribution in [2.45, 2.75) is 0 Å². The van der Waals surface area contributed by atoms with E-state index < -0.39 is 0 Å². The second kappa shape index (κ2) is 13.2. The summed E-state index contributed by atoms with van der Waals surface area (Å²) >= 11 is 0.